The summed E-state index contributed by atoms with van der Waals surface area (Å²) in [5.74, 6) is -1.60. The van der Waals surface area contributed by atoms with Crippen LogP contribution in [0.25, 0.3) is 27.9 Å². The van der Waals surface area contributed by atoms with Crippen LogP contribution in [0.15, 0.2) is 64.6 Å². The fraction of sp³-hybridized carbons (Fsp3) is 0.273. The van der Waals surface area contributed by atoms with Crippen LogP contribution in [-0.2, 0) is 0 Å². The fourth-order valence-electron chi connectivity index (χ4n) is 3.81. The summed E-state index contributed by atoms with van der Waals surface area (Å²) >= 11 is 0. The van der Waals surface area contributed by atoms with Gasteiger partial charge in [0.05, 0.1) is 18.3 Å². The van der Waals surface area contributed by atoms with Crippen molar-refractivity contribution in [1.82, 2.24) is 14.3 Å². The molecule has 1 saturated heterocycles. The highest BCUT2D eigenvalue weighted by Crippen LogP contribution is 2.27. The lowest BCUT2D eigenvalue weighted by Gasteiger charge is -2.16. The zero-order valence-electron chi connectivity index (χ0n) is 16.9. The molecule has 0 atom stereocenters. The third-order valence-electron chi connectivity index (χ3n) is 5.42. The number of aromatic nitrogens is 2. The number of rotatable bonds is 5. The Morgan fingerprint density at radius 1 is 1.22 bits per heavy atom. The summed E-state index contributed by atoms with van der Waals surface area (Å²) in [7, 11) is 0. The van der Waals surface area contributed by atoms with Crippen molar-refractivity contribution in [1.29, 1.82) is 0 Å². The second-order valence-electron chi connectivity index (χ2n) is 7.60. The van der Waals surface area contributed by atoms with Crippen molar-refractivity contribution in [3.63, 3.8) is 0 Å². The Bertz CT molecular complexity index is 1320. The summed E-state index contributed by atoms with van der Waals surface area (Å²) in [4.78, 5) is 6.09. The van der Waals surface area contributed by atoms with Gasteiger partial charge in [0.2, 0.25) is 0 Å². The summed E-state index contributed by atoms with van der Waals surface area (Å²) in [5, 5.41) is 13.8. The molecule has 7 nitrogen and oxygen atoms in total. The van der Waals surface area contributed by atoms with E-state index in [1.165, 1.54) is 0 Å². The van der Waals surface area contributed by atoms with Gasteiger partial charge in [0.15, 0.2) is 5.76 Å². The molecule has 1 aromatic carbocycles. The van der Waals surface area contributed by atoms with Crippen LogP contribution in [0.2, 0.25) is 0 Å². The maximum Gasteiger partial charge on any atom is 0.261 e. The quantitative estimate of drug-likeness (QED) is 0.356. The number of nitrogens with zero attached hydrogens (tertiary/aromatic N) is 4. The molecule has 4 aromatic rings. The lowest BCUT2D eigenvalue weighted by molar-refractivity contribution is 0.0113. The van der Waals surface area contributed by atoms with Gasteiger partial charge in [-0.2, -0.15) is 0 Å². The largest absolute Gasteiger partial charge is 0.492 e. The summed E-state index contributed by atoms with van der Waals surface area (Å²) in [6.07, 6.45) is 3.47. The lowest BCUT2D eigenvalue weighted by atomic mass is 10.2. The number of fused-ring (bicyclic) bond motifs is 2. The molecule has 0 saturated carbocycles. The minimum Gasteiger partial charge on any atom is -0.492 e. The van der Waals surface area contributed by atoms with E-state index < -0.39 is 5.92 Å². The molecule has 0 amide bonds. The Labute approximate surface area is 187 Å². The van der Waals surface area contributed by atoms with Crippen LogP contribution in [-0.4, -0.2) is 51.7 Å². The SMILES string of the molecule is Cl.ON=c1cc(-c2cc3cccn3cn2)oc2ccc(OCCN3CCC(F)(F)C3)cc12. The number of halogens is 3. The van der Waals surface area contributed by atoms with Gasteiger partial charge in [-0.25, -0.2) is 13.8 Å². The third-order valence-corrected chi connectivity index (χ3v) is 5.42. The number of alkyl halides is 2. The van der Waals surface area contributed by atoms with Crippen molar-refractivity contribution >= 4 is 28.9 Å². The maximum absolute atomic E-state index is 13.3. The molecule has 10 heteroatoms. The third kappa shape index (κ3) is 4.39. The zero-order chi connectivity index (χ0) is 21.4. The van der Waals surface area contributed by atoms with E-state index in [1.807, 2.05) is 28.8 Å². The average Bonchev–Trinajstić information content (AvgIpc) is 3.38. The van der Waals surface area contributed by atoms with E-state index in [9.17, 15) is 14.0 Å². The monoisotopic (exact) mass is 462 g/mol. The summed E-state index contributed by atoms with van der Waals surface area (Å²) in [6, 6.07) is 12.5. The number of likely N-dealkylation sites (tertiary alicyclic amines) is 1. The van der Waals surface area contributed by atoms with Gasteiger partial charge in [0.25, 0.3) is 5.92 Å². The van der Waals surface area contributed by atoms with Gasteiger partial charge in [-0.15, -0.1) is 12.4 Å². The number of benzene rings is 1. The number of hydrogen-bond acceptors (Lipinski definition) is 6. The fourth-order valence-corrected chi connectivity index (χ4v) is 3.81. The number of hydrogen-bond donors (Lipinski definition) is 1. The average molecular weight is 463 g/mol. The second kappa shape index (κ2) is 8.76. The summed E-state index contributed by atoms with van der Waals surface area (Å²) < 4.78 is 40.2. The molecule has 32 heavy (non-hydrogen) atoms. The van der Waals surface area contributed by atoms with Crippen LogP contribution in [0.1, 0.15) is 6.42 Å². The van der Waals surface area contributed by atoms with Crippen LogP contribution in [0.5, 0.6) is 5.75 Å². The molecule has 5 rings (SSSR count). The van der Waals surface area contributed by atoms with Crippen LogP contribution >= 0.6 is 12.4 Å². The Morgan fingerprint density at radius 2 is 2.09 bits per heavy atom. The molecule has 1 N–H and O–H groups in total. The molecule has 0 aliphatic carbocycles. The van der Waals surface area contributed by atoms with E-state index in [1.54, 1.807) is 35.5 Å². The smallest absolute Gasteiger partial charge is 0.261 e. The van der Waals surface area contributed by atoms with Crippen molar-refractivity contribution < 1.29 is 23.1 Å². The Balaban J connectivity index is 0.00000245. The molecule has 1 aliphatic rings. The Morgan fingerprint density at radius 3 is 2.88 bits per heavy atom. The first kappa shape index (κ1) is 22.0. The van der Waals surface area contributed by atoms with E-state index in [0.717, 1.165) is 5.52 Å². The van der Waals surface area contributed by atoms with Gasteiger partial charge < -0.3 is 18.8 Å². The molecule has 3 aromatic heterocycles. The highest BCUT2D eigenvalue weighted by atomic mass is 35.5. The Kier molecular flexibility index (Phi) is 6.03. The summed E-state index contributed by atoms with van der Waals surface area (Å²) in [6.45, 7) is 0.838. The molecular formula is C22H21ClF2N4O3. The van der Waals surface area contributed by atoms with Gasteiger partial charge >= 0.3 is 0 Å². The molecule has 0 radical (unpaired) electrons. The van der Waals surface area contributed by atoms with E-state index in [2.05, 4.69) is 10.1 Å². The number of ether oxygens (including phenoxy) is 1. The van der Waals surface area contributed by atoms with Crippen LogP contribution in [0.4, 0.5) is 8.78 Å². The van der Waals surface area contributed by atoms with E-state index in [0.29, 0.717) is 46.6 Å². The van der Waals surface area contributed by atoms with E-state index in [-0.39, 0.29) is 32.0 Å². The highest BCUT2D eigenvalue weighted by Gasteiger charge is 2.37. The zero-order valence-corrected chi connectivity index (χ0v) is 17.8. The van der Waals surface area contributed by atoms with Crippen molar-refractivity contribution in [3.8, 4) is 17.2 Å². The lowest BCUT2D eigenvalue weighted by Crippen LogP contribution is -2.29. The van der Waals surface area contributed by atoms with Crippen molar-refractivity contribution in [3.05, 3.63) is 60.3 Å². The van der Waals surface area contributed by atoms with Gasteiger partial charge in [0.1, 0.15) is 29.0 Å². The summed E-state index contributed by atoms with van der Waals surface area (Å²) in [5.41, 5.74) is 2.08. The van der Waals surface area contributed by atoms with Gasteiger partial charge in [0, 0.05) is 37.3 Å². The van der Waals surface area contributed by atoms with Gasteiger partial charge in [-0.3, -0.25) is 4.90 Å². The van der Waals surface area contributed by atoms with Gasteiger partial charge in [-0.05, 0) is 36.4 Å². The molecule has 0 unspecified atom stereocenters. The Hall–Kier alpha value is -3.17. The van der Waals surface area contributed by atoms with E-state index >= 15 is 0 Å². The molecular weight excluding hydrogens is 442 g/mol. The van der Waals surface area contributed by atoms with E-state index in [4.69, 9.17) is 9.15 Å². The molecule has 0 bridgehead atoms. The minimum absolute atomic E-state index is 0. The predicted molar refractivity (Wildman–Crippen MR) is 116 cm³/mol. The van der Waals surface area contributed by atoms with Crippen molar-refractivity contribution in [2.45, 2.75) is 12.3 Å². The van der Waals surface area contributed by atoms with Crippen molar-refractivity contribution in [2.75, 3.05) is 26.2 Å². The van der Waals surface area contributed by atoms with Crippen LogP contribution in [0.3, 0.4) is 0 Å². The first-order valence-electron chi connectivity index (χ1n) is 9.93. The minimum atomic E-state index is -2.61. The molecule has 4 heterocycles. The van der Waals surface area contributed by atoms with Crippen molar-refractivity contribution in [2.24, 2.45) is 5.16 Å². The predicted octanol–water partition coefficient (Wildman–Crippen LogP) is 4.18. The standard InChI is InChI=1S/C22H20F2N4O3.ClH/c23-22(24)5-7-27(13-22)8-9-30-16-3-4-20-17(11-16)18(26-29)12-21(31-20)19-10-15-2-1-6-28(15)14-25-19;/h1-4,6,10-12,14,29H,5,7-9,13H2;1H. The molecule has 1 fully saturated rings. The maximum atomic E-state index is 13.3. The molecule has 0 spiro atoms. The highest BCUT2D eigenvalue weighted by molar-refractivity contribution is 5.85. The molecule has 1 aliphatic heterocycles. The van der Waals surface area contributed by atoms with Crippen LogP contribution < -0.4 is 10.1 Å². The normalized spacial score (nSPS) is 16.5. The topological polar surface area (TPSA) is 75.5 Å². The molecule has 168 valence electrons. The second-order valence-corrected chi connectivity index (χ2v) is 7.60. The van der Waals surface area contributed by atoms with Gasteiger partial charge in [-0.1, -0.05) is 5.16 Å². The van der Waals surface area contributed by atoms with Crippen LogP contribution in [0, 0.1) is 0 Å². The first-order chi connectivity index (χ1) is 15.0. The first-order valence-corrected chi connectivity index (χ1v) is 9.93.